The normalized spacial score (nSPS) is 10.6. The number of carboxylic acid groups (broad SMARTS) is 1. The first-order valence-corrected chi connectivity index (χ1v) is 4.63. The number of carboxylic acids is 1. The second-order valence-corrected chi connectivity index (χ2v) is 3.38. The highest BCUT2D eigenvalue weighted by Crippen LogP contribution is 2.23. The van der Waals surface area contributed by atoms with Crippen molar-refractivity contribution in [2.75, 3.05) is 0 Å². The number of aryl methyl sites for hydroxylation is 2. The van der Waals surface area contributed by atoms with E-state index in [4.69, 9.17) is 9.52 Å². The number of rotatable bonds is 3. The van der Waals surface area contributed by atoms with Gasteiger partial charge in [-0.25, -0.2) is 4.68 Å². The Morgan fingerprint density at radius 2 is 2.31 bits per heavy atom. The van der Waals surface area contributed by atoms with Crippen LogP contribution in [0.2, 0.25) is 0 Å². The van der Waals surface area contributed by atoms with Gasteiger partial charge >= 0.3 is 5.97 Å². The number of carbonyl (C=O) groups is 1. The van der Waals surface area contributed by atoms with Crippen molar-refractivity contribution in [2.24, 2.45) is 0 Å². The van der Waals surface area contributed by atoms with Crippen LogP contribution >= 0.6 is 0 Å². The zero-order chi connectivity index (χ0) is 11.7. The molecule has 0 saturated heterocycles. The van der Waals surface area contributed by atoms with Crippen LogP contribution in [0.4, 0.5) is 0 Å². The van der Waals surface area contributed by atoms with Crippen LogP contribution in [0.1, 0.15) is 11.5 Å². The van der Waals surface area contributed by atoms with Crippen molar-refractivity contribution < 1.29 is 14.3 Å². The minimum atomic E-state index is -0.994. The minimum Gasteiger partial charge on any atom is -0.480 e. The zero-order valence-corrected chi connectivity index (χ0v) is 8.84. The number of aliphatic carboxylic acids is 1. The van der Waals surface area contributed by atoms with E-state index >= 15 is 0 Å². The highest BCUT2D eigenvalue weighted by Gasteiger charge is 2.16. The second kappa shape index (κ2) is 3.76. The van der Waals surface area contributed by atoms with Gasteiger partial charge in [0, 0.05) is 0 Å². The van der Waals surface area contributed by atoms with E-state index in [-0.39, 0.29) is 6.54 Å². The summed E-state index contributed by atoms with van der Waals surface area (Å²) < 4.78 is 6.56. The molecule has 0 bridgehead atoms. The number of aromatic nitrogens is 4. The third-order valence-corrected chi connectivity index (χ3v) is 2.10. The molecule has 0 saturated carbocycles. The summed E-state index contributed by atoms with van der Waals surface area (Å²) in [5.41, 5.74) is 0.712. The van der Waals surface area contributed by atoms with E-state index in [1.54, 1.807) is 13.0 Å². The molecule has 0 aromatic carbocycles. The molecule has 0 fully saturated rings. The number of hydrogen-bond acceptors (Lipinski definition) is 5. The summed E-state index contributed by atoms with van der Waals surface area (Å²) in [5, 5.41) is 19.6. The number of nitrogens with zero attached hydrogens (tertiary/aromatic N) is 4. The van der Waals surface area contributed by atoms with Crippen LogP contribution in [0, 0.1) is 13.8 Å². The molecule has 0 amide bonds. The third kappa shape index (κ3) is 1.79. The lowest BCUT2D eigenvalue weighted by Crippen LogP contribution is -2.11. The van der Waals surface area contributed by atoms with Gasteiger partial charge in [0.1, 0.15) is 18.1 Å². The summed E-state index contributed by atoms with van der Waals surface area (Å²) in [7, 11) is 0. The van der Waals surface area contributed by atoms with Crippen molar-refractivity contribution in [3.63, 3.8) is 0 Å². The Hall–Kier alpha value is -2.18. The summed E-state index contributed by atoms with van der Waals surface area (Å²) in [5.74, 6) is 0.805. The fourth-order valence-electron chi connectivity index (χ4n) is 1.48. The van der Waals surface area contributed by atoms with Gasteiger partial charge < -0.3 is 9.52 Å². The molecule has 0 atom stereocenters. The maximum Gasteiger partial charge on any atom is 0.325 e. The van der Waals surface area contributed by atoms with Gasteiger partial charge in [-0.3, -0.25) is 4.79 Å². The lowest BCUT2D eigenvalue weighted by atomic mass is 10.2. The van der Waals surface area contributed by atoms with Crippen LogP contribution in [0.25, 0.3) is 11.4 Å². The first-order chi connectivity index (χ1) is 7.58. The van der Waals surface area contributed by atoms with E-state index in [2.05, 4.69) is 15.5 Å². The molecule has 0 aliphatic rings. The summed E-state index contributed by atoms with van der Waals surface area (Å²) >= 11 is 0. The molecule has 0 radical (unpaired) electrons. The Morgan fingerprint density at radius 1 is 1.56 bits per heavy atom. The quantitative estimate of drug-likeness (QED) is 0.818. The van der Waals surface area contributed by atoms with Crippen LogP contribution in [-0.4, -0.2) is 31.3 Å². The molecule has 84 valence electrons. The first-order valence-electron chi connectivity index (χ1n) is 4.63. The molecule has 7 nitrogen and oxygen atoms in total. The molecular formula is C9H10N4O3. The monoisotopic (exact) mass is 222 g/mol. The van der Waals surface area contributed by atoms with Gasteiger partial charge in [0.2, 0.25) is 0 Å². The molecule has 0 unspecified atom stereocenters. The van der Waals surface area contributed by atoms with Crippen LogP contribution < -0.4 is 0 Å². The first kappa shape index (κ1) is 10.3. The number of hydrogen-bond donors (Lipinski definition) is 1. The van der Waals surface area contributed by atoms with Crippen molar-refractivity contribution in [3.05, 3.63) is 17.6 Å². The van der Waals surface area contributed by atoms with Crippen LogP contribution in [-0.2, 0) is 11.3 Å². The topological polar surface area (TPSA) is 94.0 Å². The van der Waals surface area contributed by atoms with E-state index in [0.717, 1.165) is 5.76 Å². The van der Waals surface area contributed by atoms with E-state index in [1.807, 2.05) is 6.92 Å². The van der Waals surface area contributed by atoms with Crippen molar-refractivity contribution in [1.82, 2.24) is 20.2 Å². The fourth-order valence-corrected chi connectivity index (χ4v) is 1.48. The van der Waals surface area contributed by atoms with E-state index in [9.17, 15) is 4.79 Å². The van der Waals surface area contributed by atoms with E-state index < -0.39 is 5.97 Å². The maximum atomic E-state index is 10.6. The predicted molar refractivity (Wildman–Crippen MR) is 52.6 cm³/mol. The number of tetrazole rings is 1. The highest BCUT2D eigenvalue weighted by molar-refractivity contribution is 5.68. The average Bonchev–Trinajstić information content (AvgIpc) is 2.72. The molecule has 0 aliphatic carbocycles. The third-order valence-electron chi connectivity index (χ3n) is 2.10. The second-order valence-electron chi connectivity index (χ2n) is 3.38. The smallest absolute Gasteiger partial charge is 0.325 e. The predicted octanol–water partition coefficient (Wildman–Crippen LogP) is 0.635. The van der Waals surface area contributed by atoms with Crippen LogP contribution in [0.5, 0.6) is 0 Å². The summed E-state index contributed by atoms with van der Waals surface area (Å²) in [6.45, 7) is 3.32. The molecule has 2 heterocycles. The van der Waals surface area contributed by atoms with Gasteiger partial charge in [0.05, 0.1) is 5.56 Å². The Bertz CT molecular complexity index is 529. The summed E-state index contributed by atoms with van der Waals surface area (Å²) in [6, 6.07) is 1.78. The molecule has 0 aliphatic heterocycles. The van der Waals surface area contributed by atoms with Gasteiger partial charge in [-0.2, -0.15) is 0 Å². The lowest BCUT2D eigenvalue weighted by molar-refractivity contribution is -0.137. The Kier molecular flexibility index (Phi) is 2.43. The molecule has 0 spiro atoms. The van der Waals surface area contributed by atoms with Gasteiger partial charge in [-0.15, -0.1) is 5.10 Å². The standard InChI is InChI=1S/C9H10N4O3/c1-5-3-7(6(2)16-5)9-10-11-12-13(9)4-8(14)15/h3H,4H2,1-2H3,(H,14,15). The lowest BCUT2D eigenvalue weighted by Gasteiger charge is -1.99. The molecule has 16 heavy (non-hydrogen) atoms. The number of furan rings is 1. The largest absolute Gasteiger partial charge is 0.480 e. The van der Waals surface area contributed by atoms with Gasteiger partial charge in [-0.1, -0.05) is 0 Å². The Labute approximate surface area is 90.7 Å². The van der Waals surface area contributed by atoms with E-state index in [0.29, 0.717) is 17.1 Å². The summed E-state index contributed by atoms with van der Waals surface area (Å²) in [4.78, 5) is 10.6. The van der Waals surface area contributed by atoms with Gasteiger partial charge in [0.15, 0.2) is 5.82 Å². The molecular weight excluding hydrogens is 212 g/mol. The van der Waals surface area contributed by atoms with Crippen molar-refractivity contribution in [1.29, 1.82) is 0 Å². The minimum absolute atomic E-state index is 0.272. The molecule has 2 rings (SSSR count). The van der Waals surface area contributed by atoms with Crippen molar-refractivity contribution in [3.8, 4) is 11.4 Å². The molecule has 1 N–H and O–H groups in total. The highest BCUT2D eigenvalue weighted by atomic mass is 16.4. The summed E-state index contributed by atoms with van der Waals surface area (Å²) in [6.07, 6.45) is 0. The Morgan fingerprint density at radius 3 is 2.88 bits per heavy atom. The molecule has 2 aromatic heterocycles. The molecule has 7 heteroatoms. The van der Waals surface area contributed by atoms with E-state index in [1.165, 1.54) is 4.68 Å². The zero-order valence-electron chi connectivity index (χ0n) is 8.84. The van der Waals surface area contributed by atoms with Crippen LogP contribution in [0.3, 0.4) is 0 Å². The van der Waals surface area contributed by atoms with Crippen molar-refractivity contribution in [2.45, 2.75) is 20.4 Å². The molecule has 2 aromatic rings. The van der Waals surface area contributed by atoms with Crippen LogP contribution in [0.15, 0.2) is 10.5 Å². The SMILES string of the molecule is Cc1cc(-c2nnnn2CC(=O)O)c(C)o1. The maximum absolute atomic E-state index is 10.6. The Balaban J connectivity index is 2.44. The fraction of sp³-hybridized carbons (Fsp3) is 0.333. The van der Waals surface area contributed by atoms with Gasteiger partial charge in [0.25, 0.3) is 0 Å². The van der Waals surface area contributed by atoms with Gasteiger partial charge in [-0.05, 0) is 30.3 Å². The average molecular weight is 222 g/mol. The van der Waals surface area contributed by atoms with Crippen molar-refractivity contribution >= 4 is 5.97 Å².